The molecule has 1 aromatic heterocycles. The van der Waals surface area contributed by atoms with Gasteiger partial charge >= 0.3 is 5.63 Å². The van der Waals surface area contributed by atoms with E-state index in [0.29, 0.717) is 25.7 Å². The van der Waals surface area contributed by atoms with Crippen molar-refractivity contribution in [1.82, 2.24) is 0 Å². The fourth-order valence-corrected chi connectivity index (χ4v) is 8.13. The van der Waals surface area contributed by atoms with Gasteiger partial charge in [0.1, 0.15) is 6.10 Å². The molecule has 30 heavy (non-hydrogen) atoms. The summed E-state index contributed by atoms with van der Waals surface area (Å²) in [5.41, 5.74) is -2.29. The molecule has 0 bridgehead atoms. The molecule has 6 heteroatoms. The van der Waals surface area contributed by atoms with Gasteiger partial charge in [-0.3, -0.25) is 4.79 Å². The zero-order chi connectivity index (χ0) is 21.5. The molecule has 0 aliphatic heterocycles. The number of fused-ring (bicyclic) bond motifs is 5. The molecule has 4 fully saturated rings. The predicted octanol–water partition coefficient (Wildman–Crippen LogP) is 2.39. The molecular weight excluding hydrogens is 384 g/mol. The van der Waals surface area contributed by atoms with E-state index in [1.807, 2.05) is 0 Å². The van der Waals surface area contributed by atoms with Crippen LogP contribution in [0.1, 0.15) is 70.3 Å². The van der Waals surface area contributed by atoms with Gasteiger partial charge < -0.3 is 19.7 Å². The second kappa shape index (κ2) is 6.50. The van der Waals surface area contributed by atoms with Crippen molar-refractivity contribution in [2.75, 3.05) is 0 Å². The second-order valence-corrected chi connectivity index (χ2v) is 10.8. The summed E-state index contributed by atoms with van der Waals surface area (Å²) in [5, 5.41) is 33.7. The molecule has 0 saturated heterocycles. The molecule has 164 valence electrons. The first-order valence-corrected chi connectivity index (χ1v) is 11.3. The molecule has 3 N–H and O–H groups in total. The van der Waals surface area contributed by atoms with Crippen molar-refractivity contribution in [2.45, 2.75) is 82.5 Å². The summed E-state index contributed by atoms with van der Waals surface area (Å²) < 4.78 is 5.06. The summed E-state index contributed by atoms with van der Waals surface area (Å²) >= 11 is 0. The Morgan fingerprint density at radius 2 is 1.80 bits per heavy atom. The Morgan fingerprint density at radius 3 is 2.50 bits per heavy atom. The smallest absolute Gasteiger partial charge is 0.335 e. The zero-order valence-corrected chi connectivity index (χ0v) is 17.7. The first-order chi connectivity index (χ1) is 14.1. The highest BCUT2D eigenvalue weighted by Gasteiger charge is 2.73. The minimum Gasteiger partial charge on any atom is -0.431 e. The molecule has 5 rings (SSSR count). The third kappa shape index (κ3) is 2.41. The minimum absolute atomic E-state index is 0.160. The van der Waals surface area contributed by atoms with Crippen LogP contribution in [0.5, 0.6) is 0 Å². The first-order valence-electron chi connectivity index (χ1n) is 11.3. The normalized spacial score (nSPS) is 50.5. The second-order valence-electron chi connectivity index (χ2n) is 10.8. The summed E-state index contributed by atoms with van der Waals surface area (Å²) in [4.78, 5) is 25.2. The highest BCUT2D eigenvalue weighted by atomic mass is 16.4. The van der Waals surface area contributed by atoms with Gasteiger partial charge in [0, 0.05) is 17.9 Å². The topological polar surface area (TPSA) is 108 Å². The number of carbonyl (C=O) groups is 1. The van der Waals surface area contributed by atoms with Gasteiger partial charge in [0.2, 0.25) is 0 Å². The van der Waals surface area contributed by atoms with E-state index in [4.69, 9.17) is 4.42 Å². The van der Waals surface area contributed by atoms with Crippen LogP contribution in [0.3, 0.4) is 0 Å². The molecule has 0 radical (unpaired) electrons. The molecule has 0 aromatic carbocycles. The lowest BCUT2D eigenvalue weighted by molar-refractivity contribution is -0.228. The number of aliphatic hydroxyl groups excluding tert-OH is 2. The lowest BCUT2D eigenvalue weighted by atomic mass is 9.42. The molecule has 1 aromatic rings. The Kier molecular flexibility index (Phi) is 4.42. The molecule has 3 unspecified atom stereocenters. The number of rotatable bonds is 1. The van der Waals surface area contributed by atoms with Crippen molar-refractivity contribution >= 4 is 5.78 Å². The fourth-order valence-electron chi connectivity index (χ4n) is 8.13. The minimum atomic E-state index is -1.20. The van der Waals surface area contributed by atoms with Crippen molar-refractivity contribution in [2.24, 2.45) is 28.6 Å². The van der Waals surface area contributed by atoms with Gasteiger partial charge in [-0.15, -0.1) is 0 Å². The number of Topliss-reactive ketones (excluding diaryl/α,β-unsaturated/α-hetero) is 1. The molecule has 1 heterocycles. The number of ketones is 1. The van der Waals surface area contributed by atoms with Crippen LogP contribution >= 0.6 is 0 Å². The van der Waals surface area contributed by atoms with Gasteiger partial charge in [0.25, 0.3) is 0 Å². The third-order valence-electron chi connectivity index (χ3n) is 9.80. The lowest BCUT2D eigenvalue weighted by Gasteiger charge is -2.64. The van der Waals surface area contributed by atoms with E-state index in [1.54, 1.807) is 13.0 Å². The van der Waals surface area contributed by atoms with Crippen LogP contribution in [-0.2, 0) is 4.79 Å². The highest BCUT2D eigenvalue weighted by molar-refractivity contribution is 5.93. The standard InChI is InChI=1S/C24H32O6/c1-22-9-7-15(25)11-14(22)4-5-17-19(22)20(27)21(28)23(2)16(8-10-24(17,23)29)13-3-6-18(26)30-12-13/h3,6,12,14-17,19-20,25,27,29H,4-5,7-11H2,1-2H3/t14?,15-,16+,17?,19?,20+,22-,23-,24-/m0/s1. The van der Waals surface area contributed by atoms with Crippen LogP contribution in [0.25, 0.3) is 0 Å². The summed E-state index contributed by atoms with van der Waals surface area (Å²) in [6.07, 6.45) is 4.88. The maximum atomic E-state index is 13.8. The van der Waals surface area contributed by atoms with Gasteiger partial charge in [-0.05, 0) is 80.8 Å². The molecule has 4 aliphatic rings. The monoisotopic (exact) mass is 416 g/mol. The van der Waals surface area contributed by atoms with Gasteiger partial charge in [0.15, 0.2) is 5.78 Å². The van der Waals surface area contributed by atoms with Crippen LogP contribution in [-0.4, -0.2) is 38.9 Å². The molecule has 9 atom stereocenters. The lowest BCUT2D eigenvalue weighted by Crippen LogP contribution is -2.70. The van der Waals surface area contributed by atoms with Crippen LogP contribution in [0.15, 0.2) is 27.6 Å². The van der Waals surface area contributed by atoms with Crippen molar-refractivity contribution < 1.29 is 24.5 Å². The van der Waals surface area contributed by atoms with Crippen LogP contribution in [0.4, 0.5) is 0 Å². The fraction of sp³-hybridized carbons (Fsp3) is 0.750. The summed E-state index contributed by atoms with van der Waals surface area (Å²) in [5.74, 6) is -0.769. The highest BCUT2D eigenvalue weighted by Crippen LogP contribution is 2.69. The average molecular weight is 417 g/mol. The summed E-state index contributed by atoms with van der Waals surface area (Å²) in [7, 11) is 0. The van der Waals surface area contributed by atoms with E-state index < -0.39 is 22.7 Å². The largest absolute Gasteiger partial charge is 0.431 e. The summed E-state index contributed by atoms with van der Waals surface area (Å²) in [6.45, 7) is 3.96. The van der Waals surface area contributed by atoms with Crippen molar-refractivity contribution in [3.05, 3.63) is 34.4 Å². The number of hydrogen-bond acceptors (Lipinski definition) is 6. The third-order valence-corrected chi connectivity index (χ3v) is 9.80. The number of aliphatic hydroxyl groups is 3. The Hall–Kier alpha value is -1.50. The van der Waals surface area contributed by atoms with Gasteiger partial charge in [0.05, 0.1) is 23.4 Å². The van der Waals surface area contributed by atoms with E-state index in [-0.39, 0.29) is 41.0 Å². The van der Waals surface area contributed by atoms with E-state index in [1.165, 1.54) is 12.3 Å². The van der Waals surface area contributed by atoms with Crippen LogP contribution < -0.4 is 5.63 Å². The average Bonchev–Trinajstić information content (AvgIpc) is 3.00. The van der Waals surface area contributed by atoms with E-state index in [0.717, 1.165) is 24.8 Å². The van der Waals surface area contributed by atoms with Gasteiger partial charge in [-0.2, -0.15) is 0 Å². The molecule has 0 amide bonds. The van der Waals surface area contributed by atoms with Crippen molar-refractivity contribution in [3.8, 4) is 0 Å². The SMILES string of the molecule is C[C@]12CC[C@H](O)CC1CCC1C2[C@@H](O)C(=O)[C@]2(C)[C@@H](c3ccc(=O)oc3)CC[C@]12O. The maximum absolute atomic E-state index is 13.8. The molecule has 0 spiro atoms. The molecule has 4 aliphatic carbocycles. The van der Waals surface area contributed by atoms with Gasteiger partial charge in [-0.25, -0.2) is 4.79 Å². The Morgan fingerprint density at radius 1 is 1.03 bits per heavy atom. The van der Waals surface area contributed by atoms with Crippen LogP contribution in [0.2, 0.25) is 0 Å². The Bertz CT molecular complexity index is 904. The maximum Gasteiger partial charge on any atom is 0.335 e. The first kappa shape index (κ1) is 20.4. The Labute approximate surface area is 176 Å². The predicted molar refractivity (Wildman–Crippen MR) is 109 cm³/mol. The van der Waals surface area contributed by atoms with Crippen molar-refractivity contribution in [1.29, 1.82) is 0 Å². The molecule has 4 saturated carbocycles. The molecular formula is C24H32O6. The number of hydrogen-bond donors (Lipinski definition) is 3. The molecule has 6 nitrogen and oxygen atoms in total. The number of carbonyl (C=O) groups excluding carboxylic acids is 1. The zero-order valence-electron chi connectivity index (χ0n) is 17.7. The van der Waals surface area contributed by atoms with E-state index in [2.05, 4.69) is 6.92 Å². The van der Waals surface area contributed by atoms with Gasteiger partial charge in [-0.1, -0.05) is 6.92 Å². The Balaban J connectivity index is 1.58. The van der Waals surface area contributed by atoms with Crippen LogP contribution in [0, 0.1) is 28.6 Å². The summed E-state index contributed by atoms with van der Waals surface area (Å²) in [6, 6.07) is 3.03. The quantitative estimate of drug-likeness (QED) is 0.649. The van der Waals surface area contributed by atoms with E-state index in [9.17, 15) is 24.9 Å². The van der Waals surface area contributed by atoms with E-state index >= 15 is 0 Å². The van der Waals surface area contributed by atoms with Crippen molar-refractivity contribution in [3.63, 3.8) is 0 Å².